The molecule has 0 spiro atoms. The topological polar surface area (TPSA) is 32.0 Å². The van der Waals surface area contributed by atoms with E-state index in [1.54, 1.807) is 0 Å². The standard InChI is InChI=1S/C18H24BNO3/c1-16(2)17(3,4)23-19(22-16)15-8-6-14(7-9-15)18(20-5)10-12-21-13-11-18/h6-9H,10-13H2,1-4H3. The summed E-state index contributed by atoms with van der Waals surface area (Å²) in [5, 5.41) is 0. The molecule has 4 nitrogen and oxygen atoms in total. The highest BCUT2D eigenvalue weighted by molar-refractivity contribution is 6.62. The van der Waals surface area contributed by atoms with Gasteiger partial charge in [0.05, 0.1) is 37.3 Å². The van der Waals surface area contributed by atoms with Crippen LogP contribution in [0.1, 0.15) is 46.1 Å². The highest BCUT2D eigenvalue weighted by Gasteiger charge is 2.51. The van der Waals surface area contributed by atoms with Crippen LogP contribution in [0, 0.1) is 6.57 Å². The molecule has 23 heavy (non-hydrogen) atoms. The number of ether oxygens (including phenoxy) is 1. The molecule has 0 bridgehead atoms. The minimum Gasteiger partial charge on any atom is -0.399 e. The molecule has 2 saturated heterocycles. The molecule has 0 N–H and O–H groups in total. The van der Waals surface area contributed by atoms with Crippen LogP contribution in [-0.4, -0.2) is 31.5 Å². The van der Waals surface area contributed by atoms with E-state index in [9.17, 15) is 0 Å². The Kier molecular flexibility index (Phi) is 4.04. The highest BCUT2D eigenvalue weighted by atomic mass is 16.7. The molecule has 0 unspecified atom stereocenters. The van der Waals surface area contributed by atoms with Gasteiger partial charge in [0, 0.05) is 5.56 Å². The zero-order valence-electron chi connectivity index (χ0n) is 14.4. The summed E-state index contributed by atoms with van der Waals surface area (Å²) >= 11 is 0. The average molecular weight is 313 g/mol. The van der Waals surface area contributed by atoms with Crippen LogP contribution in [0.15, 0.2) is 24.3 Å². The van der Waals surface area contributed by atoms with Crippen LogP contribution in [0.2, 0.25) is 0 Å². The van der Waals surface area contributed by atoms with E-state index < -0.39 is 5.54 Å². The van der Waals surface area contributed by atoms with Crippen molar-refractivity contribution in [1.29, 1.82) is 0 Å². The second-order valence-corrected chi connectivity index (χ2v) is 7.47. The minimum atomic E-state index is -0.438. The summed E-state index contributed by atoms with van der Waals surface area (Å²) in [6.07, 6.45) is 1.51. The molecular formula is C18H24BNO3. The zero-order valence-corrected chi connectivity index (χ0v) is 14.4. The lowest BCUT2D eigenvalue weighted by Gasteiger charge is -2.32. The number of hydrogen-bond acceptors (Lipinski definition) is 3. The van der Waals surface area contributed by atoms with E-state index >= 15 is 0 Å². The minimum absolute atomic E-state index is 0.339. The van der Waals surface area contributed by atoms with Crippen molar-refractivity contribution in [3.63, 3.8) is 0 Å². The Morgan fingerprint density at radius 2 is 1.48 bits per heavy atom. The number of nitrogens with zero attached hydrogens (tertiary/aromatic N) is 1. The predicted molar refractivity (Wildman–Crippen MR) is 90.5 cm³/mol. The Morgan fingerprint density at radius 3 is 1.96 bits per heavy atom. The maximum atomic E-state index is 7.63. The quantitative estimate of drug-likeness (QED) is 0.621. The smallest absolute Gasteiger partial charge is 0.399 e. The van der Waals surface area contributed by atoms with E-state index in [2.05, 4.69) is 32.5 Å². The molecule has 0 radical (unpaired) electrons. The van der Waals surface area contributed by atoms with Gasteiger partial charge in [0.15, 0.2) is 0 Å². The van der Waals surface area contributed by atoms with E-state index in [0.717, 1.165) is 23.9 Å². The van der Waals surface area contributed by atoms with Gasteiger partial charge in [-0.05, 0) is 33.2 Å². The first kappa shape index (κ1) is 16.5. The SMILES string of the molecule is [C-]#[N+]C1(c2ccc(B3OC(C)(C)C(C)(C)O3)cc2)CCOCC1. The molecule has 0 saturated carbocycles. The van der Waals surface area contributed by atoms with E-state index in [4.69, 9.17) is 20.6 Å². The van der Waals surface area contributed by atoms with Crippen molar-refractivity contribution in [2.45, 2.75) is 57.3 Å². The second-order valence-electron chi connectivity index (χ2n) is 7.47. The molecule has 1 aromatic rings. The van der Waals surface area contributed by atoms with Crippen molar-refractivity contribution in [2.75, 3.05) is 13.2 Å². The van der Waals surface area contributed by atoms with Crippen LogP contribution in [0.4, 0.5) is 0 Å². The molecular weight excluding hydrogens is 289 g/mol. The van der Waals surface area contributed by atoms with Crippen molar-refractivity contribution in [3.05, 3.63) is 41.2 Å². The molecule has 3 rings (SSSR count). The van der Waals surface area contributed by atoms with Crippen molar-refractivity contribution >= 4 is 12.6 Å². The summed E-state index contributed by atoms with van der Waals surface area (Å²) in [6, 6.07) is 8.15. The second kappa shape index (κ2) is 5.63. The van der Waals surface area contributed by atoms with E-state index in [0.29, 0.717) is 13.2 Å². The van der Waals surface area contributed by atoms with Crippen LogP contribution in [0.3, 0.4) is 0 Å². The molecule has 2 heterocycles. The molecule has 122 valence electrons. The molecule has 5 heteroatoms. The van der Waals surface area contributed by atoms with Gasteiger partial charge in [-0.25, -0.2) is 6.57 Å². The first-order chi connectivity index (χ1) is 10.8. The third-order valence-electron chi connectivity index (χ3n) is 5.51. The highest BCUT2D eigenvalue weighted by Crippen LogP contribution is 2.38. The molecule has 0 atom stereocenters. The summed E-state index contributed by atoms with van der Waals surface area (Å²) in [5.74, 6) is 0. The number of hydrogen-bond donors (Lipinski definition) is 0. The third kappa shape index (κ3) is 2.80. The van der Waals surface area contributed by atoms with Gasteiger partial charge in [-0.1, -0.05) is 24.3 Å². The first-order valence-electron chi connectivity index (χ1n) is 8.22. The van der Waals surface area contributed by atoms with E-state index in [-0.39, 0.29) is 18.3 Å². The predicted octanol–water partition coefficient (Wildman–Crippen LogP) is 2.91. The average Bonchev–Trinajstić information content (AvgIpc) is 2.76. The van der Waals surface area contributed by atoms with Gasteiger partial charge in [-0.2, -0.15) is 0 Å². The van der Waals surface area contributed by atoms with Crippen molar-refractivity contribution in [3.8, 4) is 0 Å². The van der Waals surface area contributed by atoms with E-state index in [1.807, 2.05) is 24.3 Å². The molecule has 2 aliphatic heterocycles. The maximum absolute atomic E-state index is 7.63. The van der Waals surface area contributed by atoms with Crippen LogP contribution in [-0.2, 0) is 19.6 Å². The fourth-order valence-corrected chi connectivity index (χ4v) is 3.10. The summed E-state index contributed by atoms with van der Waals surface area (Å²) in [4.78, 5) is 3.93. The lowest BCUT2D eigenvalue weighted by atomic mass is 9.76. The van der Waals surface area contributed by atoms with Crippen LogP contribution in [0.5, 0.6) is 0 Å². The lowest BCUT2D eigenvalue weighted by molar-refractivity contribution is 0.00578. The Bertz CT molecular complexity index is 596. The first-order valence-corrected chi connectivity index (χ1v) is 8.22. The Balaban J connectivity index is 1.82. The normalized spacial score (nSPS) is 25.1. The zero-order chi connectivity index (χ0) is 16.7. The molecule has 0 aromatic heterocycles. The van der Waals surface area contributed by atoms with Crippen molar-refractivity contribution in [2.24, 2.45) is 0 Å². The fourth-order valence-electron chi connectivity index (χ4n) is 3.10. The molecule has 0 amide bonds. The molecule has 2 fully saturated rings. The monoisotopic (exact) mass is 313 g/mol. The molecule has 0 aliphatic carbocycles. The third-order valence-corrected chi connectivity index (χ3v) is 5.51. The van der Waals surface area contributed by atoms with Gasteiger partial charge in [0.1, 0.15) is 0 Å². The van der Waals surface area contributed by atoms with Gasteiger partial charge < -0.3 is 18.9 Å². The van der Waals surface area contributed by atoms with Crippen molar-refractivity contribution in [1.82, 2.24) is 0 Å². The van der Waals surface area contributed by atoms with Gasteiger partial charge in [0.25, 0.3) is 5.54 Å². The molecule has 1 aromatic carbocycles. The van der Waals surface area contributed by atoms with Gasteiger partial charge in [-0.15, -0.1) is 0 Å². The van der Waals surface area contributed by atoms with Crippen LogP contribution in [0.25, 0.3) is 4.85 Å². The molecule has 2 aliphatic rings. The van der Waals surface area contributed by atoms with Crippen LogP contribution >= 0.6 is 0 Å². The van der Waals surface area contributed by atoms with Gasteiger partial charge in [-0.3, -0.25) is 0 Å². The Labute approximate surface area is 139 Å². The van der Waals surface area contributed by atoms with Crippen molar-refractivity contribution < 1.29 is 14.0 Å². The Morgan fingerprint density at radius 1 is 0.957 bits per heavy atom. The number of rotatable bonds is 2. The summed E-state index contributed by atoms with van der Waals surface area (Å²) in [7, 11) is -0.354. The van der Waals surface area contributed by atoms with Gasteiger partial charge in [0.2, 0.25) is 0 Å². The fraction of sp³-hybridized carbons (Fsp3) is 0.611. The van der Waals surface area contributed by atoms with Gasteiger partial charge >= 0.3 is 7.12 Å². The summed E-state index contributed by atoms with van der Waals surface area (Å²) in [6.45, 7) is 17.1. The largest absolute Gasteiger partial charge is 0.494 e. The summed E-state index contributed by atoms with van der Waals surface area (Å²) in [5.41, 5.74) is 0.951. The summed E-state index contributed by atoms with van der Waals surface area (Å²) < 4.78 is 17.6. The lowest BCUT2D eigenvalue weighted by Crippen LogP contribution is -2.41. The Hall–Kier alpha value is -1.35. The maximum Gasteiger partial charge on any atom is 0.494 e. The van der Waals surface area contributed by atoms with E-state index in [1.165, 1.54) is 0 Å². The number of benzene rings is 1. The van der Waals surface area contributed by atoms with Crippen LogP contribution < -0.4 is 5.46 Å².